The number of carbonyl (C=O) groups excluding carboxylic acids is 1. The van der Waals surface area contributed by atoms with Gasteiger partial charge in [0.15, 0.2) is 0 Å². The van der Waals surface area contributed by atoms with E-state index in [0.29, 0.717) is 37.1 Å². The number of hydrogen-bond acceptors (Lipinski definition) is 2. The number of carbonyl (C=O) groups is 1. The minimum absolute atomic E-state index is 0.0345. The maximum Gasteiger partial charge on any atom is 0.416 e. The molecule has 1 saturated heterocycles. The van der Waals surface area contributed by atoms with Crippen molar-refractivity contribution in [2.45, 2.75) is 31.9 Å². The summed E-state index contributed by atoms with van der Waals surface area (Å²) in [6.45, 7) is 1.28. The molecule has 0 radical (unpaired) electrons. The molecule has 1 fully saturated rings. The summed E-state index contributed by atoms with van der Waals surface area (Å²) in [6.07, 6.45) is 1.68. The molecule has 0 spiro atoms. The van der Waals surface area contributed by atoms with E-state index in [4.69, 9.17) is 0 Å². The van der Waals surface area contributed by atoms with Gasteiger partial charge >= 0.3 is 6.18 Å². The van der Waals surface area contributed by atoms with Gasteiger partial charge in [-0.1, -0.05) is 18.2 Å². The number of hydrogen-bond donors (Lipinski definition) is 0. The fourth-order valence-electron chi connectivity index (χ4n) is 3.54. The van der Waals surface area contributed by atoms with E-state index in [1.807, 2.05) is 0 Å². The number of halogens is 3. The molecule has 0 aliphatic carbocycles. The Hall–Kier alpha value is -2.37. The molecule has 138 valence electrons. The fourth-order valence-corrected chi connectivity index (χ4v) is 3.54. The van der Waals surface area contributed by atoms with Crippen molar-refractivity contribution in [2.75, 3.05) is 13.1 Å². The van der Waals surface area contributed by atoms with Gasteiger partial charge in [0.1, 0.15) is 0 Å². The number of piperidine rings is 1. The van der Waals surface area contributed by atoms with Gasteiger partial charge in [-0.05, 0) is 55.4 Å². The molecule has 1 amide bonds. The zero-order valence-corrected chi connectivity index (χ0v) is 14.4. The Balaban J connectivity index is 1.62. The minimum atomic E-state index is -4.33. The Morgan fingerprint density at radius 3 is 2.62 bits per heavy atom. The van der Waals surface area contributed by atoms with Crippen LogP contribution in [0.15, 0.2) is 48.8 Å². The molecule has 6 heteroatoms. The molecule has 1 aliphatic heterocycles. The first-order valence-corrected chi connectivity index (χ1v) is 8.79. The predicted molar refractivity (Wildman–Crippen MR) is 92.6 cm³/mol. The molecular weight excluding hydrogens is 341 g/mol. The molecule has 1 unspecified atom stereocenters. The Labute approximate surface area is 150 Å². The highest BCUT2D eigenvalue weighted by atomic mass is 19.4. The van der Waals surface area contributed by atoms with Gasteiger partial charge in [-0.3, -0.25) is 9.78 Å². The smallest absolute Gasteiger partial charge is 0.338 e. The summed E-state index contributed by atoms with van der Waals surface area (Å²) < 4.78 is 39.3. The van der Waals surface area contributed by atoms with Gasteiger partial charge in [0.2, 0.25) is 0 Å². The number of aromatic nitrogens is 1. The van der Waals surface area contributed by atoms with Crippen LogP contribution in [0.1, 0.15) is 40.7 Å². The second-order valence-electron chi connectivity index (χ2n) is 6.69. The second-order valence-corrected chi connectivity index (χ2v) is 6.69. The summed E-state index contributed by atoms with van der Waals surface area (Å²) in [5, 5.41) is 0. The van der Waals surface area contributed by atoms with E-state index in [1.165, 1.54) is 6.07 Å². The molecule has 2 heterocycles. The number of alkyl halides is 3. The Bertz CT molecular complexity index is 746. The van der Waals surface area contributed by atoms with Crippen LogP contribution in [0.25, 0.3) is 0 Å². The monoisotopic (exact) mass is 362 g/mol. The average molecular weight is 362 g/mol. The molecular formula is C20H21F3N2O. The summed E-state index contributed by atoms with van der Waals surface area (Å²) in [5.41, 5.74) is 0.376. The molecule has 0 N–H and O–H groups in total. The molecule has 1 aromatic heterocycles. The molecule has 26 heavy (non-hydrogen) atoms. The first-order valence-electron chi connectivity index (χ1n) is 8.79. The first kappa shape index (κ1) is 18.4. The van der Waals surface area contributed by atoms with E-state index in [1.54, 1.807) is 41.6 Å². The summed E-state index contributed by atoms with van der Waals surface area (Å²) in [7, 11) is 0. The van der Waals surface area contributed by atoms with E-state index in [9.17, 15) is 18.0 Å². The third kappa shape index (κ3) is 4.42. The van der Waals surface area contributed by atoms with E-state index in [-0.39, 0.29) is 11.8 Å². The van der Waals surface area contributed by atoms with E-state index in [2.05, 4.69) is 4.98 Å². The molecule has 3 rings (SSSR count). The quantitative estimate of drug-likeness (QED) is 0.797. The van der Waals surface area contributed by atoms with Gasteiger partial charge in [-0.2, -0.15) is 13.2 Å². The lowest BCUT2D eigenvalue weighted by Gasteiger charge is -2.33. The topological polar surface area (TPSA) is 33.2 Å². The van der Waals surface area contributed by atoms with Gasteiger partial charge in [-0.25, -0.2) is 0 Å². The van der Waals surface area contributed by atoms with Crippen molar-refractivity contribution in [2.24, 2.45) is 5.92 Å². The van der Waals surface area contributed by atoms with Crippen molar-refractivity contribution in [1.29, 1.82) is 0 Å². The largest absolute Gasteiger partial charge is 0.416 e. The van der Waals surface area contributed by atoms with Crippen LogP contribution in [-0.4, -0.2) is 28.9 Å². The summed E-state index contributed by atoms with van der Waals surface area (Å²) >= 11 is 0. The Kier molecular flexibility index (Phi) is 5.59. The molecule has 1 aliphatic rings. The number of aryl methyl sites for hydroxylation is 1. The maximum atomic E-state index is 13.1. The first-order chi connectivity index (χ1) is 12.4. The van der Waals surface area contributed by atoms with E-state index < -0.39 is 11.7 Å². The van der Waals surface area contributed by atoms with Crippen molar-refractivity contribution in [3.63, 3.8) is 0 Å². The lowest BCUT2D eigenvalue weighted by atomic mass is 9.90. The normalized spacial score (nSPS) is 18.0. The second kappa shape index (κ2) is 7.89. The van der Waals surface area contributed by atoms with Crippen molar-refractivity contribution in [3.8, 4) is 0 Å². The molecule has 2 aromatic rings. The van der Waals surface area contributed by atoms with Crippen molar-refractivity contribution >= 4 is 5.91 Å². The van der Waals surface area contributed by atoms with Crippen molar-refractivity contribution in [1.82, 2.24) is 9.88 Å². The zero-order valence-electron chi connectivity index (χ0n) is 14.4. The van der Waals surface area contributed by atoms with Crippen molar-refractivity contribution in [3.05, 3.63) is 65.5 Å². The number of benzene rings is 1. The zero-order chi connectivity index (χ0) is 18.6. The third-order valence-corrected chi connectivity index (χ3v) is 4.88. The highest BCUT2D eigenvalue weighted by Gasteiger charge is 2.33. The lowest BCUT2D eigenvalue weighted by Crippen LogP contribution is -2.40. The highest BCUT2D eigenvalue weighted by Crippen LogP contribution is 2.33. The van der Waals surface area contributed by atoms with Crippen molar-refractivity contribution < 1.29 is 18.0 Å². The SMILES string of the molecule is O=C(c1ccncc1)N1CCCC(CCc2ccccc2C(F)(F)F)C1. The van der Waals surface area contributed by atoms with E-state index >= 15 is 0 Å². The molecule has 3 nitrogen and oxygen atoms in total. The van der Waals surface area contributed by atoms with Gasteiger partial charge in [-0.15, -0.1) is 0 Å². The highest BCUT2D eigenvalue weighted by molar-refractivity contribution is 5.94. The summed E-state index contributed by atoms with van der Waals surface area (Å²) in [4.78, 5) is 18.3. The Morgan fingerprint density at radius 2 is 1.88 bits per heavy atom. The number of likely N-dealkylation sites (tertiary alicyclic amines) is 1. The number of rotatable bonds is 4. The van der Waals surface area contributed by atoms with E-state index in [0.717, 1.165) is 18.9 Å². The molecule has 1 atom stereocenters. The van der Waals surface area contributed by atoms with Crippen LogP contribution in [0.4, 0.5) is 13.2 Å². The molecule has 0 bridgehead atoms. The maximum absolute atomic E-state index is 13.1. The fraction of sp³-hybridized carbons (Fsp3) is 0.400. The average Bonchev–Trinajstić information content (AvgIpc) is 2.66. The van der Waals surface area contributed by atoms with Crippen LogP contribution >= 0.6 is 0 Å². The minimum Gasteiger partial charge on any atom is -0.338 e. The summed E-state index contributed by atoms with van der Waals surface area (Å²) in [6, 6.07) is 9.12. The van der Waals surface area contributed by atoms with Gasteiger partial charge < -0.3 is 4.90 Å². The molecule has 0 saturated carbocycles. The van der Waals surface area contributed by atoms with Crippen LogP contribution in [0, 0.1) is 5.92 Å². The van der Waals surface area contributed by atoms with Gasteiger partial charge in [0, 0.05) is 31.0 Å². The lowest BCUT2D eigenvalue weighted by molar-refractivity contribution is -0.138. The predicted octanol–water partition coefficient (Wildman–Crippen LogP) is 4.59. The van der Waals surface area contributed by atoms with Crippen LogP contribution in [0.2, 0.25) is 0 Å². The number of nitrogens with zero attached hydrogens (tertiary/aromatic N) is 2. The van der Waals surface area contributed by atoms with Crippen LogP contribution in [-0.2, 0) is 12.6 Å². The van der Waals surface area contributed by atoms with Crippen LogP contribution in [0.3, 0.4) is 0 Å². The van der Waals surface area contributed by atoms with Gasteiger partial charge in [0.05, 0.1) is 5.56 Å². The summed E-state index contributed by atoms with van der Waals surface area (Å²) in [5.74, 6) is 0.184. The van der Waals surface area contributed by atoms with Crippen LogP contribution in [0.5, 0.6) is 0 Å². The van der Waals surface area contributed by atoms with Crippen LogP contribution < -0.4 is 0 Å². The standard InChI is InChI=1S/C20H21F3N2O/c21-20(22,23)18-6-2-1-5-16(18)8-7-15-4-3-13-25(14-15)19(26)17-9-11-24-12-10-17/h1-2,5-6,9-12,15H,3-4,7-8,13-14H2. The number of pyridine rings is 1. The van der Waals surface area contributed by atoms with Gasteiger partial charge in [0.25, 0.3) is 5.91 Å². The number of amides is 1. The Morgan fingerprint density at radius 1 is 1.15 bits per heavy atom. The molecule has 1 aromatic carbocycles. The third-order valence-electron chi connectivity index (χ3n) is 4.88.